The molecule has 0 aliphatic rings. The van der Waals surface area contributed by atoms with Gasteiger partial charge in [-0.3, -0.25) is 9.59 Å². The van der Waals surface area contributed by atoms with Gasteiger partial charge in [0.15, 0.2) is 5.78 Å². The van der Waals surface area contributed by atoms with Crippen molar-refractivity contribution >= 4 is 23.4 Å². The Bertz CT molecular complexity index is 729. The molecule has 0 bridgehead atoms. The number of hydrogen-bond donors (Lipinski definition) is 2. The number of Topliss-reactive ketones (excluding diaryl/α,β-unsaturated/α-hetero) is 1. The van der Waals surface area contributed by atoms with Crippen LogP contribution in [-0.4, -0.2) is 47.2 Å². The zero-order valence-corrected chi connectivity index (χ0v) is 17.6. The van der Waals surface area contributed by atoms with Crippen molar-refractivity contribution in [1.82, 2.24) is 0 Å². The van der Waals surface area contributed by atoms with Gasteiger partial charge < -0.3 is 19.9 Å². The summed E-state index contributed by atoms with van der Waals surface area (Å²) in [6.07, 6.45) is 2.66. The molecule has 1 aromatic rings. The number of ketones is 1. The second-order valence-electron chi connectivity index (χ2n) is 7.27. The van der Waals surface area contributed by atoms with Gasteiger partial charge in [-0.15, -0.1) is 0 Å². The number of benzene rings is 1. The third-order valence-corrected chi connectivity index (χ3v) is 5.06. The van der Waals surface area contributed by atoms with E-state index in [-0.39, 0.29) is 18.9 Å². The molecular formula is C22H31NO6. The maximum atomic E-state index is 13.0. The van der Waals surface area contributed by atoms with Crippen LogP contribution in [0.15, 0.2) is 36.9 Å². The van der Waals surface area contributed by atoms with Gasteiger partial charge in [0, 0.05) is 23.7 Å². The van der Waals surface area contributed by atoms with Gasteiger partial charge in [0.2, 0.25) is 0 Å². The molecule has 0 saturated heterocycles. The van der Waals surface area contributed by atoms with Crippen LogP contribution in [0, 0.1) is 0 Å². The Morgan fingerprint density at radius 2 is 1.76 bits per heavy atom. The predicted molar refractivity (Wildman–Crippen MR) is 111 cm³/mol. The van der Waals surface area contributed by atoms with E-state index in [1.807, 2.05) is 20.8 Å². The molecule has 0 aliphatic carbocycles. The van der Waals surface area contributed by atoms with Crippen LogP contribution in [0.2, 0.25) is 0 Å². The molecule has 0 aliphatic heterocycles. The van der Waals surface area contributed by atoms with Crippen molar-refractivity contribution in [3.63, 3.8) is 0 Å². The SMILES string of the molecule is C=CC(=O)OC(C)(CC)CCOC(C)(CC)C(=O)c1ccc(NCC(=O)O)cc1. The summed E-state index contributed by atoms with van der Waals surface area (Å²) in [6.45, 7) is 10.8. The van der Waals surface area contributed by atoms with Crippen LogP contribution in [0.1, 0.15) is 57.3 Å². The van der Waals surface area contributed by atoms with Gasteiger partial charge in [0.25, 0.3) is 0 Å². The van der Waals surface area contributed by atoms with Crippen molar-refractivity contribution in [2.75, 3.05) is 18.5 Å². The van der Waals surface area contributed by atoms with E-state index in [9.17, 15) is 14.4 Å². The molecule has 1 rings (SSSR count). The third kappa shape index (κ3) is 7.34. The average molecular weight is 405 g/mol. The summed E-state index contributed by atoms with van der Waals surface area (Å²) in [5.74, 6) is -1.61. The first-order chi connectivity index (χ1) is 13.6. The van der Waals surface area contributed by atoms with Crippen LogP contribution >= 0.6 is 0 Å². The first-order valence-corrected chi connectivity index (χ1v) is 9.69. The van der Waals surface area contributed by atoms with E-state index in [1.54, 1.807) is 31.2 Å². The van der Waals surface area contributed by atoms with Gasteiger partial charge in [-0.2, -0.15) is 0 Å². The van der Waals surface area contributed by atoms with E-state index in [0.717, 1.165) is 6.08 Å². The molecule has 0 radical (unpaired) electrons. The number of nitrogens with one attached hydrogen (secondary N) is 1. The number of aliphatic carboxylic acids is 1. The van der Waals surface area contributed by atoms with E-state index in [1.165, 1.54) is 0 Å². The van der Waals surface area contributed by atoms with Crippen molar-refractivity contribution < 1.29 is 29.0 Å². The fourth-order valence-electron chi connectivity index (χ4n) is 2.63. The summed E-state index contributed by atoms with van der Waals surface area (Å²) < 4.78 is 11.4. The lowest BCUT2D eigenvalue weighted by atomic mass is 9.91. The molecule has 2 atom stereocenters. The van der Waals surface area contributed by atoms with E-state index >= 15 is 0 Å². The number of esters is 1. The number of rotatable bonds is 13. The predicted octanol–water partition coefficient (Wildman–Crippen LogP) is 3.84. The standard InChI is InChI=1S/C22H31NO6/c1-6-19(26)29-21(4,7-2)13-14-28-22(5,8-3)20(27)16-9-11-17(12-10-16)23-15-18(24)25/h6,9-12,23H,1,7-8,13-15H2,2-5H3,(H,24,25). The van der Waals surface area contributed by atoms with Crippen molar-refractivity contribution in [2.24, 2.45) is 0 Å². The first-order valence-electron chi connectivity index (χ1n) is 9.69. The number of carbonyl (C=O) groups excluding carboxylic acids is 2. The fraction of sp³-hybridized carbons (Fsp3) is 0.500. The molecule has 1 aromatic carbocycles. The maximum Gasteiger partial charge on any atom is 0.330 e. The summed E-state index contributed by atoms with van der Waals surface area (Å²) in [4.78, 5) is 35.1. The molecule has 29 heavy (non-hydrogen) atoms. The van der Waals surface area contributed by atoms with Crippen LogP contribution in [0.3, 0.4) is 0 Å². The zero-order valence-electron chi connectivity index (χ0n) is 17.6. The minimum atomic E-state index is -1.02. The fourth-order valence-corrected chi connectivity index (χ4v) is 2.63. The van der Waals surface area contributed by atoms with Crippen molar-refractivity contribution in [1.29, 1.82) is 0 Å². The number of carboxylic acid groups (broad SMARTS) is 1. The highest BCUT2D eigenvalue weighted by atomic mass is 16.6. The molecule has 0 aromatic heterocycles. The molecule has 2 N–H and O–H groups in total. The van der Waals surface area contributed by atoms with E-state index in [4.69, 9.17) is 14.6 Å². The average Bonchev–Trinajstić information content (AvgIpc) is 2.71. The maximum absolute atomic E-state index is 13.0. The Hall–Kier alpha value is -2.67. The summed E-state index contributed by atoms with van der Waals surface area (Å²) in [5.41, 5.74) is -0.620. The number of anilines is 1. The van der Waals surface area contributed by atoms with Crippen LogP contribution in [0.25, 0.3) is 0 Å². The highest BCUT2D eigenvalue weighted by Crippen LogP contribution is 2.26. The lowest BCUT2D eigenvalue weighted by Crippen LogP contribution is -2.40. The molecule has 160 valence electrons. The van der Waals surface area contributed by atoms with E-state index in [2.05, 4.69) is 11.9 Å². The van der Waals surface area contributed by atoms with Crippen LogP contribution < -0.4 is 5.32 Å². The molecule has 0 heterocycles. The Kier molecular flexibility index (Phi) is 9.04. The monoisotopic (exact) mass is 405 g/mol. The summed E-state index contributed by atoms with van der Waals surface area (Å²) in [5, 5.41) is 11.5. The third-order valence-electron chi connectivity index (χ3n) is 5.06. The number of hydrogen-bond acceptors (Lipinski definition) is 6. The number of carboxylic acids is 1. The highest BCUT2D eigenvalue weighted by molar-refractivity contribution is 6.02. The molecule has 7 nitrogen and oxygen atoms in total. The van der Waals surface area contributed by atoms with Crippen LogP contribution in [-0.2, 0) is 19.1 Å². The smallest absolute Gasteiger partial charge is 0.330 e. The summed E-state index contributed by atoms with van der Waals surface area (Å²) in [6, 6.07) is 6.61. The largest absolute Gasteiger partial charge is 0.480 e. The van der Waals surface area contributed by atoms with Crippen molar-refractivity contribution in [2.45, 2.75) is 58.2 Å². The number of carbonyl (C=O) groups is 3. The lowest BCUT2D eigenvalue weighted by Gasteiger charge is -2.31. The lowest BCUT2D eigenvalue weighted by molar-refractivity contribution is -0.155. The van der Waals surface area contributed by atoms with Gasteiger partial charge >= 0.3 is 11.9 Å². The van der Waals surface area contributed by atoms with E-state index < -0.39 is 23.1 Å². The van der Waals surface area contributed by atoms with Crippen molar-refractivity contribution in [3.8, 4) is 0 Å². The molecule has 7 heteroatoms. The Labute approximate surface area is 172 Å². The first kappa shape index (κ1) is 24.4. The molecule has 0 saturated carbocycles. The van der Waals surface area contributed by atoms with Crippen molar-refractivity contribution in [3.05, 3.63) is 42.5 Å². The Balaban J connectivity index is 2.77. The van der Waals surface area contributed by atoms with Gasteiger partial charge in [0.05, 0.1) is 6.61 Å². The second kappa shape index (κ2) is 10.8. The van der Waals surface area contributed by atoms with Gasteiger partial charge in [-0.25, -0.2) is 4.79 Å². The Morgan fingerprint density at radius 1 is 1.14 bits per heavy atom. The molecule has 0 amide bonds. The quantitative estimate of drug-likeness (QED) is 0.292. The topological polar surface area (TPSA) is 102 Å². The second-order valence-corrected chi connectivity index (χ2v) is 7.27. The van der Waals surface area contributed by atoms with Gasteiger partial charge in [-0.1, -0.05) is 20.4 Å². The zero-order chi connectivity index (χ0) is 22.1. The van der Waals surface area contributed by atoms with Crippen LogP contribution in [0.5, 0.6) is 0 Å². The minimum absolute atomic E-state index is 0.161. The highest BCUT2D eigenvalue weighted by Gasteiger charge is 2.34. The molecule has 0 spiro atoms. The summed E-state index contributed by atoms with van der Waals surface area (Å²) in [7, 11) is 0. The normalized spacial score (nSPS) is 14.9. The Morgan fingerprint density at radius 3 is 2.24 bits per heavy atom. The minimum Gasteiger partial charge on any atom is -0.480 e. The molecule has 2 unspecified atom stereocenters. The molecule has 0 fully saturated rings. The summed E-state index contributed by atoms with van der Waals surface area (Å²) >= 11 is 0. The van der Waals surface area contributed by atoms with Crippen LogP contribution in [0.4, 0.5) is 5.69 Å². The number of ether oxygens (including phenoxy) is 2. The van der Waals surface area contributed by atoms with Gasteiger partial charge in [-0.05, 0) is 51.0 Å². The van der Waals surface area contributed by atoms with Gasteiger partial charge in [0.1, 0.15) is 17.7 Å². The van der Waals surface area contributed by atoms with E-state index in [0.29, 0.717) is 30.5 Å². The molecular weight excluding hydrogens is 374 g/mol.